The number of imidazole rings is 1. The van der Waals surface area contributed by atoms with Gasteiger partial charge in [-0.1, -0.05) is 6.07 Å². The summed E-state index contributed by atoms with van der Waals surface area (Å²) in [5, 5.41) is 4.35. The van der Waals surface area contributed by atoms with Crippen LogP contribution in [0.3, 0.4) is 0 Å². The van der Waals surface area contributed by atoms with Crippen LogP contribution >= 0.6 is 0 Å². The van der Waals surface area contributed by atoms with Crippen molar-refractivity contribution in [2.24, 2.45) is 5.92 Å². The molecule has 2 unspecified atom stereocenters. The SMILES string of the molecule is CC(C)N1CCC(C(c2ccc(-n3cc(-c4ccnc5nc[nH]c45)cn3)nc2)C(F)(F)F)C1. The molecule has 0 bridgehead atoms. The summed E-state index contributed by atoms with van der Waals surface area (Å²) in [4.78, 5) is 17.9. The Morgan fingerprint density at radius 1 is 1.09 bits per heavy atom. The Morgan fingerprint density at radius 2 is 1.94 bits per heavy atom. The Morgan fingerprint density at radius 3 is 2.64 bits per heavy atom. The van der Waals surface area contributed by atoms with E-state index in [2.05, 4.69) is 29.9 Å². The van der Waals surface area contributed by atoms with Crippen LogP contribution in [0.1, 0.15) is 31.7 Å². The fraction of sp³-hybridized carbons (Fsp3) is 0.391. The highest BCUT2D eigenvalue weighted by Crippen LogP contribution is 2.44. The molecule has 172 valence electrons. The first-order valence-corrected chi connectivity index (χ1v) is 10.9. The molecule has 1 fully saturated rings. The van der Waals surface area contributed by atoms with Crippen LogP contribution in [-0.2, 0) is 0 Å². The van der Waals surface area contributed by atoms with Gasteiger partial charge in [-0.3, -0.25) is 0 Å². The first-order chi connectivity index (χ1) is 15.8. The molecule has 0 spiro atoms. The van der Waals surface area contributed by atoms with Crippen molar-refractivity contribution in [3.05, 3.63) is 54.9 Å². The topological polar surface area (TPSA) is 75.5 Å². The number of hydrogen-bond donors (Lipinski definition) is 1. The van der Waals surface area contributed by atoms with Crippen LogP contribution < -0.4 is 0 Å². The Labute approximate surface area is 188 Å². The number of rotatable bonds is 5. The van der Waals surface area contributed by atoms with Gasteiger partial charge in [0.2, 0.25) is 0 Å². The zero-order chi connectivity index (χ0) is 23.2. The van der Waals surface area contributed by atoms with Gasteiger partial charge in [0, 0.05) is 42.3 Å². The van der Waals surface area contributed by atoms with Crippen molar-refractivity contribution in [2.75, 3.05) is 13.1 Å². The Hall–Kier alpha value is -3.27. The van der Waals surface area contributed by atoms with Crippen LogP contribution in [0.15, 0.2) is 49.3 Å². The fourth-order valence-corrected chi connectivity index (χ4v) is 4.68. The van der Waals surface area contributed by atoms with Crippen molar-refractivity contribution in [1.82, 2.24) is 34.6 Å². The fourth-order valence-electron chi connectivity index (χ4n) is 4.68. The predicted molar refractivity (Wildman–Crippen MR) is 118 cm³/mol. The van der Waals surface area contributed by atoms with E-state index in [4.69, 9.17) is 0 Å². The van der Waals surface area contributed by atoms with E-state index in [1.807, 2.05) is 19.9 Å². The largest absolute Gasteiger partial charge is 0.396 e. The van der Waals surface area contributed by atoms with Gasteiger partial charge in [-0.2, -0.15) is 18.3 Å². The third-order valence-corrected chi connectivity index (χ3v) is 6.40. The van der Waals surface area contributed by atoms with E-state index >= 15 is 0 Å². The molecule has 5 rings (SSSR count). The molecule has 4 aromatic rings. The summed E-state index contributed by atoms with van der Waals surface area (Å²) >= 11 is 0. The average Bonchev–Trinajstić information content (AvgIpc) is 3.53. The van der Waals surface area contributed by atoms with Gasteiger partial charge in [-0.05, 0) is 50.4 Å². The number of nitrogens with one attached hydrogen (secondary N) is 1. The van der Waals surface area contributed by atoms with E-state index in [0.29, 0.717) is 31.0 Å². The van der Waals surface area contributed by atoms with Gasteiger partial charge in [-0.25, -0.2) is 19.6 Å². The molecular weight excluding hydrogens is 431 g/mol. The average molecular weight is 455 g/mol. The molecular formula is C23H24F3N7. The summed E-state index contributed by atoms with van der Waals surface area (Å²) in [6, 6.07) is 5.22. The van der Waals surface area contributed by atoms with Crippen molar-refractivity contribution >= 4 is 11.2 Å². The summed E-state index contributed by atoms with van der Waals surface area (Å²) in [5.74, 6) is -1.54. The lowest BCUT2D eigenvalue weighted by atomic mass is 9.85. The Balaban J connectivity index is 1.41. The summed E-state index contributed by atoms with van der Waals surface area (Å²) in [7, 11) is 0. The molecule has 5 heterocycles. The van der Waals surface area contributed by atoms with Gasteiger partial charge in [0.25, 0.3) is 0 Å². The quantitative estimate of drug-likeness (QED) is 0.477. The molecule has 1 N–H and O–H groups in total. The molecule has 4 aromatic heterocycles. The lowest BCUT2D eigenvalue weighted by Crippen LogP contribution is -2.33. The third kappa shape index (κ3) is 4.10. The van der Waals surface area contributed by atoms with Crippen LogP contribution in [-0.4, -0.2) is 59.9 Å². The highest BCUT2D eigenvalue weighted by molar-refractivity contribution is 5.88. The first kappa shape index (κ1) is 21.6. The van der Waals surface area contributed by atoms with Crippen molar-refractivity contribution in [2.45, 2.75) is 38.4 Å². The molecule has 10 heteroatoms. The summed E-state index contributed by atoms with van der Waals surface area (Å²) < 4.78 is 43.6. The number of fused-ring (bicyclic) bond motifs is 1. The van der Waals surface area contributed by atoms with Crippen molar-refractivity contribution < 1.29 is 13.2 Å². The third-order valence-electron chi connectivity index (χ3n) is 6.40. The number of H-pyrrole nitrogens is 1. The molecule has 1 aliphatic rings. The van der Waals surface area contributed by atoms with Crippen molar-refractivity contribution in [3.63, 3.8) is 0 Å². The lowest BCUT2D eigenvalue weighted by molar-refractivity contribution is -0.161. The minimum atomic E-state index is -4.32. The van der Waals surface area contributed by atoms with Crippen molar-refractivity contribution in [1.29, 1.82) is 0 Å². The van der Waals surface area contributed by atoms with Crippen molar-refractivity contribution in [3.8, 4) is 16.9 Å². The van der Waals surface area contributed by atoms with Gasteiger partial charge >= 0.3 is 6.18 Å². The first-order valence-electron chi connectivity index (χ1n) is 10.9. The number of hydrogen-bond acceptors (Lipinski definition) is 5. The normalized spacial score (nSPS) is 18.4. The van der Waals surface area contributed by atoms with Gasteiger partial charge in [-0.15, -0.1) is 0 Å². The molecule has 0 radical (unpaired) electrons. The summed E-state index contributed by atoms with van der Waals surface area (Å²) in [6.07, 6.45) is 4.26. The number of aromatic amines is 1. The number of pyridine rings is 2. The van der Waals surface area contributed by atoms with Crippen LogP contribution in [0.5, 0.6) is 0 Å². The maximum Gasteiger partial charge on any atom is 0.396 e. The molecule has 33 heavy (non-hydrogen) atoms. The predicted octanol–water partition coefficient (Wildman–Crippen LogP) is 4.58. The second-order valence-corrected chi connectivity index (χ2v) is 8.74. The van der Waals surface area contributed by atoms with E-state index in [0.717, 1.165) is 16.6 Å². The molecule has 0 aliphatic carbocycles. The molecule has 0 amide bonds. The van der Waals surface area contributed by atoms with Crippen LogP contribution in [0.2, 0.25) is 0 Å². The number of alkyl halides is 3. The maximum atomic E-state index is 14.0. The molecule has 0 saturated carbocycles. The second-order valence-electron chi connectivity index (χ2n) is 8.74. The maximum absolute atomic E-state index is 14.0. The zero-order valence-electron chi connectivity index (χ0n) is 18.3. The van der Waals surface area contributed by atoms with Gasteiger partial charge in [0.05, 0.1) is 24.0 Å². The van der Waals surface area contributed by atoms with Gasteiger partial charge in [0.15, 0.2) is 11.5 Å². The Kier molecular flexibility index (Phi) is 5.40. The Bertz CT molecular complexity index is 1240. The van der Waals surface area contributed by atoms with Gasteiger partial charge in [0.1, 0.15) is 0 Å². The van der Waals surface area contributed by atoms with E-state index in [1.165, 1.54) is 12.3 Å². The van der Waals surface area contributed by atoms with Crippen LogP contribution in [0, 0.1) is 5.92 Å². The molecule has 1 aliphatic heterocycles. The minimum Gasteiger partial charge on any atom is -0.343 e. The monoisotopic (exact) mass is 455 g/mol. The smallest absolute Gasteiger partial charge is 0.343 e. The lowest BCUT2D eigenvalue weighted by Gasteiger charge is -2.27. The molecule has 0 aromatic carbocycles. The highest BCUT2D eigenvalue weighted by atomic mass is 19.4. The van der Waals surface area contributed by atoms with E-state index in [9.17, 15) is 13.2 Å². The van der Waals surface area contributed by atoms with Crippen LogP contribution in [0.4, 0.5) is 13.2 Å². The number of likely N-dealkylation sites (tertiary alicyclic amines) is 1. The number of halogens is 3. The number of nitrogens with zero attached hydrogens (tertiary/aromatic N) is 6. The second kappa shape index (κ2) is 8.26. The number of aromatic nitrogens is 6. The molecule has 2 atom stereocenters. The van der Waals surface area contributed by atoms with E-state index in [1.54, 1.807) is 35.7 Å². The molecule has 7 nitrogen and oxygen atoms in total. The minimum absolute atomic E-state index is 0.197. The summed E-state index contributed by atoms with van der Waals surface area (Å²) in [6.45, 7) is 5.17. The highest BCUT2D eigenvalue weighted by Gasteiger charge is 2.47. The summed E-state index contributed by atoms with van der Waals surface area (Å²) in [5.41, 5.74) is 3.30. The standard InChI is InChI=1S/C23H24F3N7/c1-14(2)32-8-6-16(11-32)20(23(24,25)26)15-3-4-19(28-9-15)33-12-17(10-31-33)18-5-7-27-22-21(18)29-13-30-22/h3-5,7,9-10,12-14,16,20H,6,8,11H2,1-2H3,(H,27,29,30). The van der Waals surface area contributed by atoms with Gasteiger partial charge < -0.3 is 9.88 Å². The van der Waals surface area contributed by atoms with E-state index < -0.39 is 18.0 Å². The van der Waals surface area contributed by atoms with Crippen LogP contribution in [0.25, 0.3) is 28.1 Å². The molecule has 1 saturated heterocycles. The zero-order valence-corrected chi connectivity index (χ0v) is 18.3. The van der Waals surface area contributed by atoms with E-state index in [-0.39, 0.29) is 11.6 Å².